The number of alkyl halides is 3. The minimum atomic E-state index is -4.31. The van der Waals surface area contributed by atoms with Crippen molar-refractivity contribution in [1.29, 1.82) is 0 Å². The van der Waals surface area contributed by atoms with E-state index >= 15 is 0 Å². The lowest BCUT2D eigenvalue weighted by atomic mass is 9.89. The fourth-order valence-corrected chi connectivity index (χ4v) is 1.66. The Morgan fingerprint density at radius 1 is 1.19 bits per heavy atom. The molecule has 1 rings (SSSR count). The Morgan fingerprint density at radius 3 is 2.19 bits per heavy atom. The molecule has 0 unspecified atom stereocenters. The van der Waals surface area contributed by atoms with Crippen molar-refractivity contribution in [3.8, 4) is 0 Å². The lowest BCUT2D eigenvalue weighted by Gasteiger charge is -2.23. The van der Waals surface area contributed by atoms with Crippen molar-refractivity contribution in [2.45, 2.75) is 38.9 Å². The summed E-state index contributed by atoms with van der Waals surface area (Å²) < 4.78 is 38.3. The smallest absolute Gasteiger partial charge is 0.325 e. The van der Waals surface area contributed by atoms with Crippen molar-refractivity contribution in [1.82, 2.24) is 0 Å². The second kappa shape index (κ2) is 4.09. The Hall–Kier alpha value is -1.03. The first-order chi connectivity index (χ1) is 7.11. The molecule has 0 saturated heterocycles. The highest BCUT2D eigenvalue weighted by Crippen LogP contribution is 2.34. The first-order valence-corrected chi connectivity index (χ1v) is 5.06. The Labute approximate surface area is 93.5 Å². The van der Waals surface area contributed by atoms with Gasteiger partial charge in [0.25, 0.3) is 0 Å². The van der Waals surface area contributed by atoms with Crippen LogP contribution in [0.15, 0.2) is 18.2 Å². The number of benzene rings is 1. The minimum absolute atomic E-state index is 0.217. The zero-order valence-corrected chi connectivity index (χ0v) is 9.65. The van der Waals surface area contributed by atoms with E-state index < -0.39 is 17.3 Å². The molecule has 90 valence electrons. The molecule has 4 heteroatoms. The van der Waals surface area contributed by atoms with E-state index in [-0.39, 0.29) is 6.42 Å². The predicted octanol–water partition coefficient (Wildman–Crippen LogP) is 3.29. The third-order valence-electron chi connectivity index (χ3n) is 2.35. The van der Waals surface area contributed by atoms with Crippen molar-refractivity contribution in [3.05, 3.63) is 34.9 Å². The summed E-state index contributed by atoms with van der Waals surface area (Å²) in [5, 5.41) is 0. The molecule has 0 bridgehead atoms. The molecule has 0 atom stereocenters. The van der Waals surface area contributed by atoms with E-state index in [1.165, 1.54) is 6.07 Å². The van der Waals surface area contributed by atoms with E-state index in [0.29, 0.717) is 11.1 Å². The normalized spacial score (nSPS) is 12.9. The van der Waals surface area contributed by atoms with E-state index in [1.54, 1.807) is 26.8 Å². The number of nitrogens with two attached hydrogens (primary N) is 1. The lowest BCUT2D eigenvalue weighted by molar-refractivity contribution is -0.138. The van der Waals surface area contributed by atoms with Gasteiger partial charge in [-0.25, -0.2) is 0 Å². The fraction of sp³-hybridized carbons (Fsp3) is 0.500. The van der Waals surface area contributed by atoms with Gasteiger partial charge in [0.05, 0.1) is 5.56 Å². The molecular weight excluding hydrogens is 215 g/mol. The second-order valence-electron chi connectivity index (χ2n) is 4.76. The summed E-state index contributed by atoms with van der Waals surface area (Å²) in [5.41, 5.74) is 5.48. The standard InChI is InChI=1S/C12H16F3N/c1-8-5-4-6-10(12(13,14)15)9(8)7-11(2,3)16/h4-6H,7,16H2,1-3H3. The highest BCUT2D eigenvalue weighted by atomic mass is 19.4. The number of rotatable bonds is 2. The summed E-state index contributed by atoms with van der Waals surface area (Å²) in [6, 6.07) is 4.20. The van der Waals surface area contributed by atoms with Gasteiger partial charge in [-0.1, -0.05) is 12.1 Å². The minimum Gasteiger partial charge on any atom is -0.325 e. The van der Waals surface area contributed by atoms with Crippen molar-refractivity contribution in [2.75, 3.05) is 0 Å². The zero-order valence-electron chi connectivity index (χ0n) is 9.65. The Balaban J connectivity index is 3.25. The van der Waals surface area contributed by atoms with Crippen molar-refractivity contribution in [3.63, 3.8) is 0 Å². The van der Waals surface area contributed by atoms with Gasteiger partial charge in [0.1, 0.15) is 0 Å². The van der Waals surface area contributed by atoms with E-state index in [9.17, 15) is 13.2 Å². The van der Waals surface area contributed by atoms with Crippen LogP contribution < -0.4 is 5.73 Å². The number of halogens is 3. The van der Waals surface area contributed by atoms with Crippen LogP contribution in [-0.2, 0) is 12.6 Å². The van der Waals surface area contributed by atoms with Gasteiger partial charge in [-0.3, -0.25) is 0 Å². The average molecular weight is 231 g/mol. The van der Waals surface area contributed by atoms with Gasteiger partial charge in [-0.15, -0.1) is 0 Å². The third-order valence-corrected chi connectivity index (χ3v) is 2.35. The van der Waals surface area contributed by atoms with Gasteiger partial charge in [0, 0.05) is 5.54 Å². The average Bonchev–Trinajstić information content (AvgIpc) is 2.04. The van der Waals surface area contributed by atoms with Crippen LogP contribution in [-0.4, -0.2) is 5.54 Å². The molecule has 0 spiro atoms. The molecule has 0 fully saturated rings. The summed E-state index contributed by atoms with van der Waals surface area (Å²) in [7, 11) is 0. The van der Waals surface area contributed by atoms with Crippen molar-refractivity contribution in [2.24, 2.45) is 5.73 Å². The number of aryl methyl sites for hydroxylation is 1. The Kier molecular flexibility index (Phi) is 3.33. The zero-order chi connectivity index (χ0) is 12.6. The van der Waals surface area contributed by atoms with E-state index in [2.05, 4.69) is 0 Å². The monoisotopic (exact) mass is 231 g/mol. The van der Waals surface area contributed by atoms with Gasteiger partial charge in [0.2, 0.25) is 0 Å². The van der Waals surface area contributed by atoms with Crippen LogP contribution in [0.2, 0.25) is 0 Å². The molecule has 0 aliphatic heterocycles. The van der Waals surface area contributed by atoms with Gasteiger partial charge >= 0.3 is 6.18 Å². The van der Waals surface area contributed by atoms with Crippen molar-refractivity contribution >= 4 is 0 Å². The third kappa shape index (κ3) is 3.23. The van der Waals surface area contributed by atoms with Crippen LogP contribution >= 0.6 is 0 Å². The summed E-state index contributed by atoms with van der Waals surface area (Å²) in [4.78, 5) is 0. The SMILES string of the molecule is Cc1cccc(C(F)(F)F)c1CC(C)(C)N. The maximum absolute atomic E-state index is 12.8. The largest absolute Gasteiger partial charge is 0.416 e. The molecular formula is C12H16F3N. The fourth-order valence-electron chi connectivity index (χ4n) is 1.66. The first kappa shape index (κ1) is 13.0. The Morgan fingerprint density at radius 2 is 1.75 bits per heavy atom. The van der Waals surface area contributed by atoms with Crippen LogP contribution in [0.3, 0.4) is 0 Å². The molecule has 2 N–H and O–H groups in total. The van der Waals surface area contributed by atoms with Gasteiger partial charge < -0.3 is 5.73 Å². The van der Waals surface area contributed by atoms with E-state index in [0.717, 1.165) is 6.07 Å². The molecule has 0 heterocycles. The molecule has 1 nitrogen and oxygen atoms in total. The highest BCUT2D eigenvalue weighted by Gasteiger charge is 2.34. The van der Waals surface area contributed by atoms with Gasteiger partial charge in [-0.2, -0.15) is 13.2 Å². The highest BCUT2D eigenvalue weighted by molar-refractivity contribution is 5.37. The summed E-state index contributed by atoms with van der Waals surface area (Å²) in [6.45, 7) is 5.12. The van der Waals surface area contributed by atoms with Crippen LogP contribution in [0.5, 0.6) is 0 Å². The molecule has 0 aliphatic rings. The molecule has 1 aromatic rings. The number of hydrogen-bond donors (Lipinski definition) is 1. The molecule has 0 saturated carbocycles. The molecule has 16 heavy (non-hydrogen) atoms. The molecule has 0 amide bonds. The molecule has 0 radical (unpaired) electrons. The van der Waals surface area contributed by atoms with Crippen LogP contribution in [0.25, 0.3) is 0 Å². The first-order valence-electron chi connectivity index (χ1n) is 5.06. The maximum Gasteiger partial charge on any atom is 0.416 e. The lowest BCUT2D eigenvalue weighted by Crippen LogP contribution is -2.35. The van der Waals surface area contributed by atoms with Crippen LogP contribution in [0.4, 0.5) is 13.2 Å². The molecule has 0 aromatic heterocycles. The second-order valence-corrected chi connectivity index (χ2v) is 4.76. The predicted molar refractivity (Wildman–Crippen MR) is 58.2 cm³/mol. The summed E-state index contributed by atoms with van der Waals surface area (Å²) >= 11 is 0. The molecule has 0 aliphatic carbocycles. The van der Waals surface area contributed by atoms with Gasteiger partial charge in [0.15, 0.2) is 0 Å². The Bertz CT molecular complexity index is 375. The van der Waals surface area contributed by atoms with E-state index in [1.807, 2.05) is 0 Å². The van der Waals surface area contributed by atoms with Crippen LogP contribution in [0.1, 0.15) is 30.5 Å². The maximum atomic E-state index is 12.8. The van der Waals surface area contributed by atoms with Crippen LogP contribution in [0, 0.1) is 6.92 Å². The topological polar surface area (TPSA) is 26.0 Å². The van der Waals surface area contributed by atoms with E-state index in [4.69, 9.17) is 5.73 Å². The summed E-state index contributed by atoms with van der Waals surface area (Å²) in [6.07, 6.45) is -4.10. The van der Waals surface area contributed by atoms with Crippen molar-refractivity contribution < 1.29 is 13.2 Å². The number of hydrogen-bond acceptors (Lipinski definition) is 1. The summed E-state index contributed by atoms with van der Waals surface area (Å²) in [5.74, 6) is 0. The quantitative estimate of drug-likeness (QED) is 0.830. The van der Waals surface area contributed by atoms with Gasteiger partial charge in [-0.05, 0) is 44.4 Å². The molecule has 1 aromatic carbocycles.